The van der Waals surface area contributed by atoms with Crippen LogP contribution in [0.15, 0.2) is 0 Å². The first kappa shape index (κ1) is 15.0. The van der Waals surface area contributed by atoms with E-state index in [1.54, 1.807) is 13.8 Å². The Morgan fingerprint density at radius 2 is 2.00 bits per heavy atom. The second-order valence-corrected chi connectivity index (χ2v) is 5.93. The molecule has 0 spiro atoms. The van der Waals surface area contributed by atoms with Crippen LogP contribution in [0.4, 0.5) is 0 Å². The summed E-state index contributed by atoms with van der Waals surface area (Å²) in [4.78, 5) is 23.2. The maximum atomic E-state index is 12.0. The Hall–Kier alpha value is -1.10. The third-order valence-electron chi connectivity index (χ3n) is 3.86. The van der Waals surface area contributed by atoms with Gasteiger partial charge in [-0.05, 0) is 45.6 Å². The molecule has 5 heteroatoms. The van der Waals surface area contributed by atoms with Crippen molar-refractivity contribution < 1.29 is 9.59 Å². The van der Waals surface area contributed by atoms with Crippen LogP contribution in [0.1, 0.15) is 39.5 Å². The fraction of sp³-hybridized carbons (Fsp3) is 0.846. The average molecular weight is 255 g/mol. The van der Waals surface area contributed by atoms with E-state index in [2.05, 4.69) is 5.32 Å². The number of carbonyl (C=O) groups is 2. The van der Waals surface area contributed by atoms with Gasteiger partial charge in [-0.3, -0.25) is 9.59 Å². The van der Waals surface area contributed by atoms with Gasteiger partial charge in [0.2, 0.25) is 11.8 Å². The first-order valence-corrected chi connectivity index (χ1v) is 6.64. The molecule has 2 amide bonds. The fourth-order valence-electron chi connectivity index (χ4n) is 2.28. The van der Waals surface area contributed by atoms with Crippen LogP contribution in [0.3, 0.4) is 0 Å². The van der Waals surface area contributed by atoms with Gasteiger partial charge >= 0.3 is 0 Å². The van der Waals surface area contributed by atoms with Crippen molar-refractivity contribution in [1.82, 2.24) is 5.32 Å². The maximum absolute atomic E-state index is 12.0. The monoisotopic (exact) mass is 255 g/mol. The minimum Gasteiger partial charge on any atom is -0.369 e. The number of hydrogen-bond acceptors (Lipinski definition) is 3. The molecule has 1 aliphatic carbocycles. The molecule has 2 unspecified atom stereocenters. The Morgan fingerprint density at radius 3 is 2.56 bits per heavy atom. The lowest BCUT2D eigenvalue weighted by Gasteiger charge is -2.29. The molecule has 1 aliphatic rings. The highest BCUT2D eigenvalue weighted by atomic mass is 16.2. The van der Waals surface area contributed by atoms with Gasteiger partial charge in [0, 0.05) is 12.5 Å². The van der Waals surface area contributed by atoms with Crippen LogP contribution in [0.2, 0.25) is 0 Å². The number of nitrogens with one attached hydrogen (secondary N) is 1. The van der Waals surface area contributed by atoms with Crippen LogP contribution in [-0.4, -0.2) is 24.9 Å². The third-order valence-corrected chi connectivity index (χ3v) is 3.86. The summed E-state index contributed by atoms with van der Waals surface area (Å²) < 4.78 is 0. The quantitative estimate of drug-likeness (QED) is 0.662. The van der Waals surface area contributed by atoms with Crippen LogP contribution in [0, 0.1) is 17.3 Å². The number of rotatable bonds is 5. The molecule has 5 nitrogen and oxygen atoms in total. The lowest BCUT2D eigenvalue weighted by Crippen LogP contribution is -2.44. The van der Waals surface area contributed by atoms with E-state index in [-0.39, 0.29) is 11.8 Å². The summed E-state index contributed by atoms with van der Waals surface area (Å²) in [7, 11) is 0. The van der Waals surface area contributed by atoms with E-state index in [0.717, 1.165) is 25.7 Å². The van der Waals surface area contributed by atoms with Gasteiger partial charge in [-0.1, -0.05) is 6.42 Å². The van der Waals surface area contributed by atoms with Crippen molar-refractivity contribution in [2.75, 3.05) is 13.1 Å². The normalized spacial score (nSPS) is 24.6. The van der Waals surface area contributed by atoms with Gasteiger partial charge in [0.1, 0.15) is 0 Å². The molecule has 0 aromatic heterocycles. The van der Waals surface area contributed by atoms with Gasteiger partial charge in [-0.2, -0.15) is 0 Å². The molecule has 0 saturated heterocycles. The molecule has 104 valence electrons. The highest BCUT2D eigenvalue weighted by Gasteiger charge is 2.29. The van der Waals surface area contributed by atoms with Crippen LogP contribution in [0.25, 0.3) is 0 Å². The van der Waals surface area contributed by atoms with Gasteiger partial charge in [0.05, 0.1) is 5.41 Å². The maximum Gasteiger partial charge on any atom is 0.224 e. The number of hydrogen-bond donors (Lipinski definition) is 3. The zero-order chi connectivity index (χ0) is 13.8. The van der Waals surface area contributed by atoms with Gasteiger partial charge in [0.15, 0.2) is 0 Å². The van der Waals surface area contributed by atoms with Crippen molar-refractivity contribution in [2.24, 2.45) is 28.7 Å². The van der Waals surface area contributed by atoms with Crippen LogP contribution < -0.4 is 16.8 Å². The van der Waals surface area contributed by atoms with E-state index in [0.29, 0.717) is 19.0 Å². The summed E-state index contributed by atoms with van der Waals surface area (Å²) in [6.45, 7) is 4.42. The Bertz CT molecular complexity index is 315. The predicted molar refractivity (Wildman–Crippen MR) is 70.5 cm³/mol. The molecular weight excluding hydrogens is 230 g/mol. The first-order chi connectivity index (χ1) is 8.36. The molecule has 2 atom stereocenters. The van der Waals surface area contributed by atoms with Gasteiger partial charge in [0.25, 0.3) is 0 Å². The van der Waals surface area contributed by atoms with E-state index in [4.69, 9.17) is 11.5 Å². The second-order valence-electron chi connectivity index (χ2n) is 5.93. The first-order valence-electron chi connectivity index (χ1n) is 6.64. The molecule has 5 N–H and O–H groups in total. The lowest BCUT2D eigenvalue weighted by molar-refractivity contribution is -0.129. The number of carbonyl (C=O) groups excluding carboxylic acids is 2. The Labute approximate surface area is 109 Å². The number of primary amides is 1. The van der Waals surface area contributed by atoms with Crippen molar-refractivity contribution in [3.63, 3.8) is 0 Å². The fourth-order valence-corrected chi connectivity index (χ4v) is 2.28. The van der Waals surface area contributed by atoms with E-state index in [1.807, 2.05) is 0 Å². The zero-order valence-corrected chi connectivity index (χ0v) is 11.4. The minimum absolute atomic E-state index is 0.0301. The SMILES string of the molecule is CC(C)(CNC(=O)C1CCCC(CN)C1)C(N)=O. The number of nitrogens with two attached hydrogens (primary N) is 2. The summed E-state index contributed by atoms with van der Waals surface area (Å²) in [6.07, 6.45) is 3.95. The highest BCUT2D eigenvalue weighted by molar-refractivity contribution is 5.82. The van der Waals surface area contributed by atoms with Crippen LogP contribution in [0.5, 0.6) is 0 Å². The van der Waals surface area contributed by atoms with Crippen LogP contribution in [-0.2, 0) is 9.59 Å². The smallest absolute Gasteiger partial charge is 0.224 e. The summed E-state index contributed by atoms with van der Waals surface area (Å²) in [5.41, 5.74) is 10.2. The average Bonchev–Trinajstić information content (AvgIpc) is 2.36. The number of amides is 2. The summed E-state index contributed by atoms with van der Waals surface area (Å²) in [6, 6.07) is 0. The van der Waals surface area contributed by atoms with E-state index in [1.165, 1.54) is 0 Å². The highest BCUT2D eigenvalue weighted by Crippen LogP contribution is 2.28. The van der Waals surface area contributed by atoms with Crippen molar-refractivity contribution in [2.45, 2.75) is 39.5 Å². The lowest BCUT2D eigenvalue weighted by atomic mass is 9.81. The molecule has 0 bridgehead atoms. The Balaban J connectivity index is 2.43. The molecule has 1 rings (SSSR count). The molecule has 0 aromatic rings. The minimum atomic E-state index is -0.697. The predicted octanol–water partition coefficient (Wildman–Crippen LogP) is 0.379. The van der Waals surface area contributed by atoms with Crippen molar-refractivity contribution in [3.05, 3.63) is 0 Å². The van der Waals surface area contributed by atoms with Crippen molar-refractivity contribution in [1.29, 1.82) is 0 Å². The van der Waals surface area contributed by atoms with Gasteiger partial charge in [-0.25, -0.2) is 0 Å². The van der Waals surface area contributed by atoms with Crippen molar-refractivity contribution >= 4 is 11.8 Å². The molecule has 0 aromatic carbocycles. The molecular formula is C13H25N3O2. The third kappa shape index (κ3) is 3.98. The summed E-state index contributed by atoms with van der Waals surface area (Å²) in [5.74, 6) is 0.128. The van der Waals surface area contributed by atoms with E-state index >= 15 is 0 Å². The molecule has 0 heterocycles. The van der Waals surface area contributed by atoms with Gasteiger partial charge < -0.3 is 16.8 Å². The molecule has 0 radical (unpaired) electrons. The largest absolute Gasteiger partial charge is 0.369 e. The molecule has 0 aliphatic heterocycles. The molecule has 1 fully saturated rings. The summed E-state index contributed by atoms with van der Waals surface area (Å²) in [5, 5.41) is 2.84. The Morgan fingerprint density at radius 1 is 1.33 bits per heavy atom. The van der Waals surface area contributed by atoms with E-state index < -0.39 is 11.3 Å². The van der Waals surface area contributed by atoms with Crippen molar-refractivity contribution in [3.8, 4) is 0 Å². The standard InChI is InChI=1S/C13H25N3O2/c1-13(2,12(15)18)8-16-11(17)10-5-3-4-9(6-10)7-14/h9-10H,3-8,14H2,1-2H3,(H2,15,18)(H,16,17). The van der Waals surface area contributed by atoms with Gasteiger partial charge in [-0.15, -0.1) is 0 Å². The zero-order valence-electron chi connectivity index (χ0n) is 11.4. The molecule has 1 saturated carbocycles. The molecule has 18 heavy (non-hydrogen) atoms. The van der Waals surface area contributed by atoms with Crippen LogP contribution >= 0.6 is 0 Å². The Kier molecular flexibility index (Phi) is 5.14. The summed E-state index contributed by atoms with van der Waals surface area (Å²) >= 11 is 0. The topological polar surface area (TPSA) is 98.2 Å². The van der Waals surface area contributed by atoms with E-state index in [9.17, 15) is 9.59 Å². The second kappa shape index (κ2) is 6.18.